The second-order valence-electron chi connectivity index (χ2n) is 4.87. The fourth-order valence-electron chi connectivity index (χ4n) is 1.92. The van der Waals surface area contributed by atoms with Gasteiger partial charge >= 0.3 is 12.1 Å². The molecule has 0 unspecified atom stereocenters. The summed E-state index contributed by atoms with van der Waals surface area (Å²) in [4.78, 5) is 22.6. The average molecular weight is 385 g/mol. The van der Waals surface area contributed by atoms with E-state index in [1.165, 1.54) is 0 Å². The summed E-state index contributed by atoms with van der Waals surface area (Å²) in [5, 5.41) is 16.1. The molecule has 1 amide bonds. The van der Waals surface area contributed by atoms with Crippen LogP contribution in [0, 0.1) is 0 Å². The molecule has 0 saturated heterocycles. The molecule has 0 aromatic heterocycles. The van der Waals surface area contributed by atoms with Crippen LogP contribution in [-0.2, 0) is 21.4 Å². The molecule has 10 heteroatoms. The Morgan fingerprint density at radius 3 is 2.40 bits per heavy atom. The molecule has 2 aromatic rings. The topological polar surface area (TPSA) is 136 Å². The molecule has 0 fully saturated rings. The second-order valence-corrected chi connectivity index (χ2v) is 6.80. The summed E-state index contributed by atoms with van der Waals surface area (Å²) in [5.74, 6) is -1.47. The summed E-state index contributed by atoms with van der Waals surface area (Å²) in [6, 6.07) is 10.6. The van der Waals surface area contributed by atoms with Crippen molar-refractivity contribution in [1.29, 1.82) is 0 Å². The van der Waals surface area contributed by atoms with Crippen LogP contribution >= 0.6 is 11.6 Å². The number of benzene rings is 2. The first-order valence-electron chi connectivity index (χ1n) is 6.76. The number of carbonyl (C=O) groups is 2. The molecule has 0 aliphatic rings. The zero-order valence-corrected chi connectivity index (χ0v) is 14.2. The highest BCUT2D eigenvalue weighted by Gasteiger charge is 2.21. The van der Waals surface area contributed by atoms with Crippen molar-refractivity contribution < 1.29 is 27.9 Å². The molecule has 132 valence electrons. The van der Waals surface area contributed by atoms with Crippen molar-refractivity contribution in [3.8, 4) is 0 Å². The van der Waals surface area contributed by atoms with Crippen molar-refractivity contribution in [1.82, 2.24) is 0 Å². The van der Waals surface area contributed by atoms with Crippen molar-refractivity contribution in [2.75, 3.05) is 5.32 Å². The van der Waals surface area contributed by atoms with Crippen LogP contribution in [0.3, 0.4) is 0 Å². The smallest absolute Gasteiger partial charge is 0.411 e. The number of aromatic carboxylic acids is 1. The third-order valence-electron chi connectivity index (χ3n) is 3.06. The Labute approximate surface area is 148 Å². The number of ether oxygens (including phenoxy) is 1. The van der Waals surface area contributed by atoms with Crippen LogP contribution in [0.15, 0.2) is 47.4 Å². The Morgan fingerprint density at radius 1 is 1.20 bits per heavy atom. The summed E-state index contributed by atoms with van der Waals surface area (Å²) in [5.41, 5.74) is 0.0201. The van der Waals surface area contributed by atoms with Crippen LogP contribution in [0.2, 0.25) is 5.02 Å². The van der Waals surface area contributed by atoms with Crippen molar-refractivity contribution in [2.24, 2.45) is 5.14 Å². The number of nitrogens with one attached hydrogen (secondary N) is 1. The number of carboxylic acids is 1. The molecule has 0 saturated carbocycles. The van der Waals surface area contributed by atoms with Crippen LogP contribution in [0.5, 0.6) is 0 Å². The maximum absolute atomic E-state index is 11.8. The standard InChI is InChI=1S/C15H13ClN2O6S/c16-11-7-12(10(14(19)20)6-13(11)25(17,22)23)18-15(21)24-8-9-4-2-1-3-5-9/h1-7H,8H2,(H,18,21)(H,19,20)(H2,17,22,23). The number of primary sulfonamides is 1. The summed E-state index contributed by atoms with van der Waals surface area (Å²) >= 11 is 5.80. The van der Waals surface area contributed by atoms with Crippen LogP contribution in [0.25, 0.3) is 0 Å². The largest absolute Gasteiger partial charge is 0.478 e. The maximum atomic E-state index is 11.8. The summed E-state index contributed by atoms with van der Waals surface area (Å²) < 4.78 is 27.8. The van der Waals surface area contributed by atoms with E-state index in [-0.39, 0.29) is 17.3 Å². The molecule has 2 aromatic carbocycles. The Kier molecular flexibility index (Phi) is 5.62. The first-order chi connectivity index (χ1) is 11.7. The summed E-state index contributed by atoms with van der Waals surface area (Å²) in [6.45, 7) is -0.0297. The minimum atomic E-state index is -4.22. The van der Waals surface area contributed by atoms with Crippen LogP contribution in [0.1, 0.15) is 15.9 Å². The lowest BCUT2D eigenvalue weighted by molar-refractivity contribution is 0.0697. The maximum Gasteiger partial charge on any atom is 0.411 e. The number of carbonyl (C=O) groups excluding carboxylic acids is 1. The number of amides is 1. The van der Waals surface area contributed by atoms with E-state index in [1.54, 1.807) is 30.3 Å². The average Bonchev–Trinajstić information content (AvgIpc) is 2.52. The molecule has 0 atom stereocenters. The first-order valence-corrected chi connectivity index (χ1v) is 8.68. The lowest BCUT2D eigenvalue weighted by Crippen LogP contribution is -2.18. The molecule has 8 nitrogen and oxygen atoms in total. The number of hydrogen-bond donors (Lipinski definition) is 3. The highest BCUT2D eigenvalue weighted by atomic mass is 35.5. The van der Waals surface area contributed by atoms with Gasteiger partial charge in [-0.2, -0.15) is 0 Å². The van der Waals surface area contributed by atoms with E-state index in [0.29, 0.717) is 0 Å². The van der Waals surface area contributed by atoms with E-state index in [0.717, 1.165) is 17.7 Å². The fraction of sp³-hybridized carbons (Fsp3) is 0.0667. The van der Waals surface area contributed by atoms with Crippen LogP contribution in [-0.4, -0.2) is 25.6 Å². The van der Waals surface area contributed by atoms with Crippen molar-refractivity contribution >= 4 is 39.4 Å². The number of anilines is 1. The van der Waals surface area contributed by atoms with Gasteiger partial charge < -0.3 is 9.84 Å². The molecule has 4 N–H and O–H groups in total. The minimum absolute atomic E-state index is 0.0297. The van der Waals surface area contributed by atoms with Gasteiger partial charge in [0.25, 0.3) is 0 Å². The van der Waals surface area contributed by atoms with Crippen LogP contribution < -0.4 is 10.5 Å². The number of rotatable bonds is 5. The Hall–Kier alpha value is -2.62. The molecule has 0 radical (unpaired) electrons. The second kappa shape index (κ2) is 7.51. The predicted octanol–water partition coefficient (Wildman–Crippen LogP) is 2.43. The zero-order chi connectivity index (χ0) is 18.6. The minimum Gasteiger partial charge on any atom is -0.478 e. The van der Waals surface area contributed by atoms with Gasteiger partial charge in [-0.25, -0.2) is 23.1 Å². The molecule has 25 heavy (non-hydrogen) atoms. The van der Waals surface area contributed by atoms with Crippen molar-refractivity contribution in [3.63, 3.8) is 0 Å². The van der Waals surface area contributed by atoms with Gasteiger partial charge in [-0.05, 0) is 17.7 Å². The highest BCUT2D eigenvalue weighted by molar-refractivity contribution is 7.89. The SMILES string of the molecule is NS(=O)(=O)c1cc(C(=O)O)c(NC(=O)OCc2ccccc2)cc1Cl. The Bertz CT molecular complexity index is 915. The predicted molar refractivity (Wildman–Crippen MR) is 90.0 cm³/mol. The third-order valence-corrected chi connectivity index (χ3v) is 4.43. The normalized spacial score (nSPS) is 11.0. The quantitative estimate of drug-likeness (QED) is 0.724. The van der Waals surface area contributed by atoms with Gasteiger partial charge in [0.05, 0.1) is 16.3 Å². The van der Waals surface area contributed by atoms with E-state index < -0.39 is 32.5 Å². The van der Waals surface area contributed by atoms with Gasteiger partial charge in [-0.1, -0.05) is 41.9 Å². The number of nitrogens with two attached hydrogens (primary N) is 1. The van der Waals surface area contributed by atoms with Gasteiger partial charge in [0.2, 0.25) is 10.0 Å². The fourth-order valence-corrected chi connectivity index (χ4v) is 3.02. The Balaban J connectivity index is 2.22. The van der Waals surface area contributed by atoms with Crippen molar-refractivity contribution in [3.05, 3.63) is 58.6 Å². The molecule has 0 bridgehead atoms. The number of sulfonamides is 1. The Morgan fingerprint density at radius 2 is 1.84 bits per heavy atom. The molecule has 0 aliphatic heterocycles. The van der Waals surface area contributed by atoms with Crippen LogP contribution in [0.4, 0.5) is 10.5 Å². The zero-order valence-electron chi connectivity index (χ0n) is 12.6. The van der Waals surface area contributed by atoms with Gasteiger partial charge in [-0.15, -0.1) is 0 Å². The summed E-state index contributed by atoms with van der Waals surface area (Å²) in [7, 11) is -4.22. The first kappa shape index (κ1) is 18.7. The molecule has 0 spiro atoms. The monoisotopic (exact) mass is 384 g/mol. The lowest BCUT2D eigenvalue weighted by atomic mass is 10.2. The van der Waals surface area contributed by atoms with E-state index in [4.69, 9.17) is 21.5 Å². The third kappa shape index (κ3) is 4.92. The molecule has 0 heterocycles. The van der Waals surface area contributed by atoms with Gasteiger partial charge in [-0.3, -0.25) is 5.32 Å². The van der Waals surface area contributed by atoms with E-state index in [2.05, 4.69) is 5.32 Å². The van der Waals surface area contributed by atoms with Gasteiger partial charge in [0.1, 0.15) is 11.5 Å². The lowest BCUT2D eigenvalue weighted by Gasteiger charge is -2.12. The molecule has 2 rings (SSSR count). The molecular weight excluding hydrogens is 372 g/mol. The van der Waals surface area contributed by atoms with Gasteiger partial charge in [0, 0.05) is 0 Å². The number of carboxylic acid groups (broad SMARTS) is 1. The number of halogens is 1. The van der Waals surface area contributed by atoms with Crippen molar-refractivity contribution in [2.45, 2.75) is 11.5 Å². The molecular formula is C15H13ClN2O6S. The van der Waals surface area contributed by atoms with E-state index in [9.17, 15) is 23.1 Å². The number of hydrogen-bond acceptors (Lipinski definition) is 5. The van der Waals surface area contributed by atoms with E-state index in [1.807, 2.05) is 0 Å². The van der Waals surface area contributed by atoms with E-state index >= 15 is 0 Å². The van der Waals surface area contributed by atoms with Gasteiger partial charge in [0.15, 0.2) is 0 Å². The molecule has 0 aliphatic carbocycles. The summed E-state index contributed by atoms with van der Waals surface area (Å²) in [6.07, 6.45) is -0.925. The highest BCUT2D eigenvalue weighted by Crippen LogP contribution is 2.28.